The average molecular weight is 248 g/mol. The minimum atomic E-state index is 0.406. The molecule has 0 bridgehead atoms. The predicted molar refractivity (Wildman–Crippen MR) is 68.9 cm³/mol. The van der Waals surface area contributed by atoms with Crippen molar-refractivity contribution in [2.75, 3.05) is 0 Å². The van der Waals surface area contributed by atoms with Gasteiger partial charge in [-0.15, -0.1) is 11.6 Å². The van der Waals surface area contributed by atoms with E-state index in [-0.39, 0.29) is 0 Å². The van der Waals surface area contributed by atoms with E-state index < -0.39 is 0 Å². The van der Waals surface area contributed by atoms with E-state index in [1.165, 1.54) is 0 Å². The van der Waals surface area contributed by atoms with Crippen molar-refractivity contribution in [3.63, 3.8) is 0 Å². The quantitative estimate of drug-likeness (QED) is 0.782. The van der Waals surface area contributed by atoms with E-state index in [4.69, 9.17) is 11.6 Å². The van der Waals surface area contributed by atoms with Crippen LogP contribution in [-0.2, 0) is 12.3 Å². The van der Waals surface area contributed by atoms with E-state index in [9.17, 15) is 0 Å². The van der Waals surface area contributed by atoms with Crippen LogP contribution in [0, 0.1) is 6.92 Å². The number of hydrogen-bond donors (Lipinski definition) is 0. The van der Waals surface area contributed by atoms with Gasteiger partial charge in [-0.3, -0.25) is 4.98 Å². The van der Waals surface area contributed by atoms with Crippen LogP contribution in [0.1, 0.15) is 23.9 Å². The van der Waals surface area contributed by atoms with E-state index in [1.54, 1.807) is 6.20 Å². The number of aromatic nitrogens is 3. The van der Waals surface area contributed by atoms with Crippen molar-refractivity contribution in [3.05, 3.63) is 41.5 Å². The van der Waals surface area contributed by atoms with Crippen molar-refractivity contribution in [1.29, 1.82) is 0 Å². The number of hydrogen-bond acceptors (Lipinski definition) is 3. The van der Waals surface area contributed by atoms with Gasteiger partial charge in [0.05, 0.1) is 11.6 Å². The number of rotatable bonds is 3. The van der Waals surface area contributed by atoms with Gasteiger partial charge in [-0.2, -0.15) is 0 Å². The summed E-state index contributed by atoms with van der Waals surface area (Å²) in [4.78, 5) is 13.0. The molecule has 0 radical (unpaired) electrons. The molecule has 0 saturated heterocycles. The number of aryl methyl sites for hydroxylation is 2. The first-order valence-corrected chi connectivity index (χ1v) is 6.11. The van der Waals surface area contributed by atoms with Crippen molar-refractivity contribution >= 4 is 11.6 Å². The molecule has 0 amide bonds. The van der Waals surface area contributed by atoms with Crippen LogP contribution in [0.4, 0.5) is 0 Å². The molecule has 3 nitrogen and oxygen atoms in total. The van der Waals surface area contributed by atoms with E-state index in [2.05, 4.69) is 21.9 Å². The number of halogens is 1. The molecule has 0 unspecified atom stereocenters. The summed E-state index contributed by atoms with van der Waals surface area (Å²) in [6.07, 6.45) is 4.54. The largest absolute Gasteiger partial charge is 0.264 e. The van der Waals surface area contributed by atoms with Crippen LogP contribution in [0.2, 0.25) is 0 Å². The molecule has 0 saturated carbocycles. The van der Waals surface area contributed by atoms with Crippen LogP contribution in [-0.4, -0.2) is 15.0 Å². The molecule has 2 aromatic heterocycles. The minimum absolute atomic E-state index is 0.406. The highest BCUT2D eigenvalue weighted by Crippen LogP contribution is 2.20. The maximum Gasteiger partial charge on any atom is 0.160 e. The van der Waals surface area contributed by atoms with Crippen LogP contribution >= 0.6 is 11.6 Å². The first-order valence-electron chi connectivity index (χ1n) is 5.58. The standard InChI is InChI=1S/C13H14ClN3/c1-3-10-8-15-5-4-12(10)13-16-9(2)6-11(7-14)17-13/h4-6,8H,3,7H2,1-2H3. The van der Waals surface area contributed by atoms with Gasteiger partial charge < -0.3 is 0 Å². The molecule has 4 heteroatoms. The third-order valence-electron chi connectivity index (χ3n) is 2.57. The summed E-state index contributed by atoms with van der Waals surface area (Å²) >= 11 is 5.83. The Balaban J connectivity index is 2.55. The van der Waals surface area contributed by atoms with Crippen molar-refractivity contribution in [3.8, 4) is 11.4 Å². The second-order valence-corrected chi connectivity index (χ2v) is 4.11. The fourth-order valence-electron chi connectivity index (χ4n) is 1.75. The molecule has 0 spiro atoms. The lowest BCUT2D eigenvalue weighted by atomic mass is 10.1. The maximum atomic E-state index is 5.83. The van der Waals surface area contributed by atoms with Crippen molar-refractivity contribution in [1.82, 2.24) is 15.0 Å². The third kappa shape index (κ3) is 2.61. The zero-order valence-electron chi connectivity index (χ0n) is 9.94. The fraction of sp³-hybridized carbons (Fsp3) is 0.308. The second kappa shape index (κ2) is 5.23. The summed E-state index contributed by atoms with van der Waals surface area (Å²) in [6.45, 7) is 4.05. The van der Waals surface area contributed by atoms with Crippen LogP contribution in [0.3, 0.4) is 0 Å². The molecular formula is C13H14ClN3. The first kappa shape index (κ1) is 12.0. The van der Waals surface area contributed by atoms with Gasteiger partial charge in [0.25, 0.3) is 0 Å². The number of pyridine rings is 1. The number of nitrogens with zero attached hydrogens (tertiary/aromatic N) is 3. The average Bonchev–Trinajstić information content (AvgIpc) is 2.37. The Labute approximate surface area is 106 Å². The Morgan fingerprint density at radius 1 is 1.29 bits per heavy atom. The van der Waals surface area contributed by atoms with Crippen LogP contribution < -0.4 is 0 Å². The predicted octanol–water partition coefficient (Wildman–Crippen LogP) is 3.15. The molecule has 2 rings (SSSR count). The van der Waals surface area contributed by atoms with E-state index in [0.717, 1.165) is 34.8 Å². The molecule has 17 heavy (non-hydrogen) atoms. The van der Waals surface area contributed by atoms with Gasteiger partial charge in [0.2, 0.25) is 0 Å². The monoisotopic (exact) mass is 247 g/mol. The van der Waals surface area contributed by atoms with E-state index >= 15 is 0 Å². The highest BCUT2D eigenvalue weighted by atomic mass is 35.5. The Kier molecular flexibility index (Phi) is 3.69. The Bertz CT molecular complexity index is 526. The summed E-state index contributed by atoms with van der Waals surface area (Å²) in [7, 11) is 0. The van der Waals surface area contributed by atoms with Crippen LogP contribution in [0.25, 0.3) is 11.4 Å². The molecule has 0 aromatic carbocycles. The lowest BCUT2D eigenvalue weighted by Crippen LogP contribution is -1.99. The van der Waals surface area contributed by atoms with Crippen molar-refractivity contribution < 1.29 is 0 Å². The van der Waals surface area contributed by atoms with Gasteiger partial charge in [0, 0.05) is 23.7 Å². The molecule has 0 aliphatic carbocycles. The smallest absolute Gasteiger partial charge is 0.160 e. The molecule has 88 valence electrons. The molecule has 2 heterocycles. The van der Waals surface area contributed by atoms with Gasteiger partial charge >= 0.3 is 0 Å². The molecule has 0 N–H and O–H groups in total. The Hall–Kier alpha value is -1.48. The van der Waals surface area contributed by atoms with E-state index in [0.29, 0.717) is 5.88 Å². The van der Waals surface area contributed by atoms with Gasteiger partial charge in [-0.25, -0.2) is 9.97 Å². The molecule has 0 aliphatic rings. The van der Waals surface area contributed by atoms with Crippen LogP contribution in [0.15, 0.2) is 24.5 Å². The minimum Gasteiger partial charge on any atom is -0.264 e. The van der Waals surface area contributed by atoms with Crippen LogP contribution in [0.5, 0.6) is 0 Å². The zero-order valence-corrected chi connectivity index (χ0v) is 10.7. The van der Waals surface area contributed by atoms with Crippen molar-refractivity contribution in [2.45, 2.75) is 26.1 Å². The Morgan fingerprint density at radius 2 is 2.12 bits per heavy atom. The SMILES string of the molecule is CCc1cnccc1-c1nc(C)cc(CCl)n1. The molecule has 0 aliphatic heterocycles. The number of alkyl halides is 1. The maximum absolute atomic E-state index is 5.83. The summed E-state index contributed by atoms with van der Waals surface area (Å²) in [5, 5.41) is 0. The summed E-state index contributed by atoms with van der Waals surface area (Å²) in [5.74, 6) is 1.14. The molecule has 2 aromatic rings. The first-order chi connectivity index (χ1) is 8.24. The lowest BCUT2D eigenvalue weighted by molar-refractivity contribution is 1.03. The molecular weight excluding hydrogens is 234 g/mol. The summed E-state index contributed by atoms with van der Waals surface area (Å²) in [6, 6.07) is 3.86. The lowest BCUT2D eigenvalue weighted by Gasteiger charge is -2.07. The summed E-state index contributed by atoms with van der Waals surface area (Å²) in [5.41, 5.74) is 3.98. The zero-order chi connectivity index (χ0) is 12.3. The highest BCUT2D eigenvalue weighted by molar-refractivity contribution is 6.16. The topological polar surface area (TPSA) is 38.7 Å². The fourth-order valence-corrected chi connectivity index (χ4v) is 1.89. The van der Waals surface area contributed by atoms with E-state index in [1.807, 2.05) is 25.3 Å². The second-order valence-electron chi connectivity index (χ2n) is 3.84. The molecule has 0 fully saturated rings. The van der Waals surface area contributed by atoms with Gasteiger partial charge in [-0.05, 0) is 31.0 Å². The normalized spacial score (nSPS) is 10.5. The van der Waals surface area contributed by atoms with Crippen molar-refractivity contribution in [2.24, 2.45) is 0 Å². The van der Waals surface area contributed by atoms with Gasteiger partial charge in [-0.1, -0.05) is 6.92 Å². The third-order valence-corrected chi connectivity index (χ3v) is 2.84. The Morgan fingerprint density at radius 3 is 2.82 bits per heavy atom. The summed E-state index contributed by atoms with van der Waals surface area (Å²) < 4.78 is 0. The van der Waals surface area contributed by atoms with Gasteiger partial charge in [0.15, 0.2) is 5.82 Å². The highest BCUT2D eigenvalue weighted by Gasteiger charge is 2.08. The molecule has 0 atom stereocenters. The van der Waals surface area contributed by atoms with Gasteiger partial charge in [0.1, 0.15) is 0 Å².